The molecule has 1 fully saturated rings. The molecule has 2 atom stereocenters. The van der Waals surface area contributed by atoms with E-state index >= 15 is 0 Å². The lowest BCUT2D eigenvalue weighted by Crippen LogP contribution is -2.55. The Morgan fingerprint density at radius 3 is 2.72 bits per heavy atom. The number of esters is 1. The number of carbonyl (C=O) groups excluding carboxylic acids is 1. The van der Waals surface area contributed by atoms with Gasteiger partial charge in [0.25, 0.3) is 0 Å². The van der Waals surface area contributed by atoms with Crippen molar-refractivity contribution < 1.29 is 24.4 Å². The van der Waals surface area contributed by atoms with Crippen molar-refractivity contribution in [2.75, 3.05) is 31.6 Å². The summed E-state index contributed by atoms with van der Waals surface area (Å²) in [5.74, 6) is -0.666. The highest BCUT2D eigenvalue weighted by molar-refractivity contribution is 6.30. The monoisotopic (exact) mass is 576 g/mol. The van der Waals surface area contributed by atoms with Crippen molar-refractivity contribution in [1.29, 1.82) is 5.26 Å². The zero-order valence-electron chi connectivity index (χ0n) is 21.3. The van der Waals surface area contributed by atoms with Gasteiger partial charge in [-0.1, -0.05) is 11.6 Å². The summed E-state index contributed by atoms with van der Waals surface area (Å²) in [6.45, 7) is 1.98. The van der Waals surface area contributed by atoms with E-state index in [1.54, 1.807) is 6.07 Å². The number of methoxy groups -OCH3 is 1. The number of piperazine rings is 1. The first-order valence-electron chi connectivity index (χ1n) is 12.2. The number of nitriles is 1. The molecule has 0 saturated carbocycles. The summed E-state index contributed by atoms with van der Waals surface area (Å²) in [5.41, 5.74) is 0.685. The first-order valence-corrected chi connectivity index (χ1v) is 13.0. The van der Waals surface area contributed by atoms with E-state index in [9.17, 15) is 30.1 Å². The number of hydrogen-bond donors (Lipinski definition) is 1. The summed E-state index contributed by atoms with van der Waals surface area (Å²) in [6.07, 6.45) is 0.220. The number of hydrogen-bond acceptors (Lipinski definition) is 9. The normalized spacial score (nSPS) is 20.6. The first kappa shape index (κ1) is 28.3. The molecule has 2 aromatic rings. The number of nitro groups is 1. The van der Waals surface area contributed by atoms with Gasteiger partial charge in [-0.25, -0.2) is 9.78 Å². The number of aromatic nitrogens is 2. The quantitative estimate of drug-likeness (QED) is 0.229. The van der Waals surface area contributed by atoms with E-state index in [0.717, 1.165) is 16.0 Å². The van der Waals surface area contributed by atoms with Gasteiger partial charge in [0, 0.05) is 31.1 Å². The van der Waals surface area contributed by atoms with E-state index < -0.39 is 34.1 Å². The Morgan fingerprint density at radius 1 is 1.33 bits per heavy atom. The standard InChI is InChI=1S/C25H26Cl2N6O6/c1-14-10-15(26)11-18-17(14)4-3-6-25(18,22(34)39-2)12-19-20(33(37)38)21(30-23(27)29-19)31-8-9-32(24(35)36)16(13-31)5-7-28/h10-11,16H,3-6,8-9,12-13H2,1-2H3,(H,35,36)/t16-,25?/m0/s1. The van der Waals surface area contributed by atoms with Crippen LogP contribution in [0.4, 0.5) is 16.3 Å². The van der Waals surface area contributed by atoms with Crippen LogP contribution in [0.25, 0.3) is 0 Å². The largest absolute Gasteiger partial charge is 0.468 e. The molecule has 39 heavy (non-hydrogen) atoms. The molecule has 0 bridgehead atoms. The van der Waals surface area contributed by atoms with E-state index in [2.05, 4.69) is 9.97 Å². The van der Waals surface area contributed by atoms with Crippen molar-refractivity contribution >= 4 is 46.8 Å². The predicted molar refractivity (Wildman–Crippen MR) is 141 cm³/mol. The molecular weight excluding hydrogens is 551 g/mol. The zero-order chi connectivity index (χ0) is 28.5. The molecule has 1 unspecified atom stereocenters. The highest BCUT2D eigenvalue weighted by Crippen LogP contribution is 2.45. The number of aryl methyl sites for hydroxylation is 1. The summed E-state index contributed by atoms with van der Waals surface area (Å²) in [6, 6.07) is 4.75. The third kappa shape index (κ3) is 5.29. The molecule has 1 aromatic carbocycles. The maximum Gasteiger partial charge on any atom is 0.407 e. The Bertz CT molecular complexity index is 1380. The van der Waals surface area contributed by atoms with Crippen molar-refractivity contribution in [1.82, 2.24) is 14.9 Å². The van der Waals surface area contributed by atoms with Crippen LogP contribution in [0, 0.1) is 28.4 Å². The van der Waals surface area contributed by atoms with E-state index in [0.29, 0.717) is 29.8 Å². The smallest absolute Gasteiger partial charge is 0.407 e. The molecular formula is C25H26Cl2N6O6. The van der Waals surface area contributed by atoms with Crippen molar-refractivity contribution in [2.45, 2.75) is 50.5 Å². The van der Waals surface area contributed by atoms with Crippen LogP contribution in [0.2, 0.25) is 10.3 Å². The molecule has 0 radical (unpaired) electrons. The highest BCUT2D eigenvalue weighted by atomic mass is 35.5. The predicted octanol–water partition coefficient (Wildman–Crippen LogP) is 4.07. The summed E-state index contributed by atoms with van der Waals surface area (Å²) in [5, 5.41) is 31.4. The maximum absolute atomic E-state index is 13.4. The minimum atomic E-state index is -1.30. The second kappa shape index (κ2) is 11.2. The lowest BCUT2D eigenvalue weighted by molar-refractivity contribution is -0.385. The number of carboxylic acid groups (broad SMARTS) is 1. The Morgan fingerprint density at radius 2 is 2.08 bits per heavy atom. The molecule has 0 spiro atoms. The lowest BCUT2D eigenvalue weighted by Gasteiger charge is -2.39. The van der Waals surface area contributed by atoms with Crippen molar-refractivity contribution in [3.63, 3.8) is 0 Å². The molecule has 1 aromatic heterocycles. The molecule has 4 rings (SSSR count). The molecule has 14 heteroatoms. The number of rotatable bonds is 6. The van der Waals surface area contributed by atoms with Gasteiger partial charge in [-0.15, -0.1) is 0 Å². The maximum atomic E-state index is 13.4. The number of nitrogens with zero attached hydrogens (tertiary/aromatic N) is 6. The number of amides is 1. The summed E-state index contributed by atoms with van der Waals surface area (Å²) >= 11 is 12.7. The van der Waals surface area contributed by atoms with Crippen LogP contribution in [-0.4, -0.2) is 69.7 Å². The minimum Gasteiger partial charge on any atom is -0.468 e. The van der Waals surface area contributed by atoms with Crippen LogP contribution in [0.3, 0.4) is 0 Å². The van der Waals surface area contributed by atoms with E-state index in [-0.39, 0.29) is 49.3 Å². The lowest BCUT2D eigenvalue weighted by atomic mass is 9.66. The Labute approximate surface area is 234 Å². The van der Waals surface area contributed by atoms with Crippen LogP contribution >= 0.6 is 23.2 Å². The topological polar surface area (TPSA) is 163 Å². The van der Waals surface area contributed by atoms with Crippen LogP contribution in [0.15, 0.2) is 12.1 Å². The average Bonchev–Trinajstić information content (AvgIpc) is 2.88. The van der Waals surface area contributed by atoms with Crippen molar-refractivity contribution in [2.24, 2.45) is 0 Å². The fraction of sp³-hybridized carbons (Fsp3) is 0.480. The average molecular weight is 577 g/mol. The van der Waals surface area contributed by atoms with Crippen molar-refractivity contribution in [3.05, 3.63) is 54.9 Å². The Balaban J connectivity index is 1.85. The summed E-state index contributed by atoms with van der Waals surface area (Å²) < 4.78 is 5.22. The molecule has 1 aliphatic carbocycles. The van der Waals surface area contributed by atoms with Gasteiger partial charge < -0.3 is 19.6 Å². The van der Waals surface area contributed by atoms with Crippen LogP contribution in [0.1, 0.15) is 41.6 Å². The second-order valence-electron chi connectivity index (χ2n) is 9.66. The summed E-state index contributed by atoms with van der Waals surface area (Å²) in [7, 11) is 1.26. The zero-order valence-corrected chi connectivity index (χ0v) is 22.8. The van der Waals surface area contributed by atoms with E-state index in [1.807, 2.05) is 19.1 Å². The van der Waals surface area contributed by atoms with Gasteiger partial charge in [-0.05, 0) is 66.6 Å². The SMILES string of the molecule is COC(=O)C1(Cc2nc(Cl)nc(N3CCN(C(=O)O)[C@@H](CC#N)C3)c2[N+](=O)[O-])CCCc2c(C)cc(Cl)cc21. The van der Waals surface area contributed by atoms with E-state index in [1.165, 1.54) is 12.0 Å². The highest BCUT2D eigenvalue weighted by Gasteiger charge is 2.48. The summed E-state index contributed by atoms with van der Waals surface area (Å²) in [4.78, 5) is 48.0. The number of carbonyl (C=O) groups is 2. The van der Waals surface area contributed by atoms with Gasteiger partial charge in [0.05, 0.1) is 36.0 Å². The van der Waals surface area contributed by atoms with Gasteiger partial charge in [0.2, 0.25) is 11.1 Å². The molecule has 2 aliphatic rings. The Hall–Kier alpha value is -3.69. The number of fused-ring (bicyclic) bond motifs is 1. The van der Waals surface area contributed by atoms with Gasteiger partial charge in [-0.2, -0.15) is 10.2 Å². The molecule has 1 amide bonds. The third-order valence-electron chi connectivity index (χ3n) is 7.48. The second-order valence-corrected chi connectivity index (χ2v) is 10.4. The van der Waals surface area contributed by atoms with E-state index in [4.69, 9.17) is 27.9 Å². The number of benzene rings is 1. The Kier molecular flexibility index (Phi) is 8.13. The van der Waals surface area contributed by atoms with Gasteiger partial charge in [0.1, 0.15) is 5.69 Å². The van der Waals surface area contributed by atoms with Crippen LogP contribution in [0.5, 0.6) is 0 Å². The fourth-order valence-corrected chi connectivity index (χ4v) is 6.21. The molecule has 1 saturated heterocycles. The molecule has 1 aliphatic heterocycles. The number of halogens is 2. The minimum absolute atomic E-state index is 0.00668. The first-order chi connectivity index (χ1) is 18.5. The van der Waals surface area contributed by atoms with Crippen LogP contribution < -0.4 is 4.90 Å². The van der Waals surface area contributed by atoms with Crippen LogP contribution in [-0.2, 0) is 27.8 Å². The fourth-order valence-electron chi connectivity index (χ4n) is 5.75. The molecule has 2 heterocycles. The van der Waals surface area contributed by atoms with Gasteiger partial charge in [0.15, 0.2) is 0 Å². The molecule has 12 nitrogen and oxygen atoms in total. The number of ether oxygens (including phenoxy) is 1. The third-order valence-corrected chi connectivity index (χ3v) is 7.86. The van der Waals surface area contributed by atoms with Gasteiger partial charge >= 0.3 is 17.7 Å². The molecule has 1 N–H and O–H groups in total. The number of anilines is 1. The van der Waals surface area contributed by atoms with Gasteiger partial charge in [-0.3, -0.25) is 14.9 Å². The molecule has 206 valence electrons. The van der Waals surface area contributed by atoms with Crippen molar-refractivity contribution in [3.8, 4) is 6.07 Å².